The minimum atomic E-state index is -1.10. The van der Waals surface area contributed by atoms with E-state index in [4.69, 9.17) is 35.2 Å². The minimum Gasteiger partial charge on any atom is -0.393 e. The molecular formula is C32H57N11O4S. The highest BCUT2D eigenvalue weighted by atomic mass is 32.1. The van der Waals surface area contributed by atoms with Gasteiger partial charge in [-0.2, -0.15) is 0 Å². The molecule has 270 valence electrons. The van der Waals surface area contributed by atoms with Gasteiger partial charge in [-0.15, -0.1) is 0 Å². The van der Waals surface area contributed by atoms with Crippen molar-refractivity contribution in [1.82, 2.24) is 31.5 Å². The first kappa shape index (κ1) is 43.7. The van der Waals surface area contributed by atoms with Crippen LogP contribution in [0.4, 0.5) is 0 Å². The molecule has 4 atom stereocenters. The molecule has 0 saturated heterocycles. The number of carbonyl (C=O) groups excluding carboxylic acids is 4. The van der Waals surface area contributed by atoms with E-state index in [-0.39, 0.29) is 25.2 Å². The van der Waals surface area contributed by atoms with Crippen molar-refractivity contribution in [3.8, 4) is 0 Å². The number of nitrogens with two attached hydrogens (primary N) is 4. The zero-order valence-electron chi connectivity index (χ0n) is 29.0. The van der Waals surface area contributed by atoms with Crippen molar-refractivity contribution in [2.75, 3.05) is 34.2 Å². The van der Waals surface area contributed by atoms with Crippen molar-refractivity contribution in [3.63, 3.8) is 0 Å². The van der Waals surface area contributed by atoms with E-state index in [1.54, 1.807) is 32.2 Å². The molecule has 0 radical (unpaired) electrons. The first-order chi connectivity index (χ1) is 23.0. The van der Waals surface area contributed by atoms with Gasteiger partial charge in [0, 0.05) is 45.4 Å². The number of thiocarbonyl (C=S) groups is 1. The standard InChI is InChI=1S/C30H51N11O4S.C2H6/c1-35-18-21(41(3)19-46)17-25(40-27(43)22(36-2)13-9-15-37-30(33)34)29(45)38-23(12-7-8-14-31)28(44)39-24(26(32)42)16-20-10-5-4-6-11-20;1-2/h4-6,10-11,18-19,22-25,35-36H,7-9,12-17,31H2,1-3H3,(H2,32,42)(H,38,45)(H,39,44)(H,40,43)(H4,33,34,37);1-2H3/b21-18-;. The van der Waals surface area contributed by atoms with E-state index in [0.717, 1.165) is 5.56 Å². The number of unbranched alkanes of at least 4 members (excludes halogenated alkanes) is 1. The van der Waals surface area contributed by atoms with Crippen LogP contribution in [-0.2, 0) is 25.6 Å². The summed E-state index contributed by atoms with van der Waals surface area (Å²) in [6.45, 7) is 4.73. The first-order valence-electron chi connectivity index (χ1n) is 16.2. The van der Waals surface area contributed by atoms with Crippen LogP contribution in [0.2, 0.25) is 0 Å². The summed E-state index contributed by atoms with van der Waals surface area (Å²) in [6.07, 6.45) is 4.18. The summed E-state index contributed by atoms with van der Waals surface area (Å²) in [5.41, 5.74) is 24.9. The van der Waals surface area contributed by atoms with Crippen molar-refractivity contribution in [2.45, 2.75) is 83.0 Å². The number of nitrogens with one attached hydrogen (secondary N) is 5. The second-order valence-corrected chi connectivity index (χ2v) is 10.9. The molecule has 1 rings (SSSR count). The van der Waals surface area contributed by atoms with E-state index in [9.17, 15) is 19.2 Å². The number of carbonyl (C=O) groups is 4. The number of primary amides is 1. The van der Waals surface area contributed by atoms with Gasteiger partial charge in [-0.05, 0) is 51.3 Å². The lowest BCUT2D eigenvalue weighted by Gasteiger charge is -2.28. The lowest BCUT2D eigenvalue weighted by Crippen LogP contribution is -2.58. The van der Waals surface area contributed by atoms with Gasteiger partial charge in [-0.3, -0.25) is 24.2 Å². The highest BCUT2D eigenvalue weighted by molar-refractivity contribution is 7.78. The van der Waals surface area contributed by atoms with Crippen LogP contribution in [0.25, 0.3) is 0 Å². The number of benzene rings is 1. The van der Waals surface area contributed by atoms with Crippen LogP contribution in [-0.4, -0.2) is 98.4 Å². The summed E-state index contributed by atoms with van der Waals surface area (Å²) >= 11 is 5.09. The number of likely N-dealkylation sites (N-methyl/N-ethyl adjacent to an activating group) is 1. The van der Waals surface area contributed by atoms with E-state index in [2.05, 4.69) is 31.6 Å². The second kappa shape index (κ2) is 25.8. The smallest absolute Gasteiger partial charge is 0.243 e. The van der Waals surface area contributed by atoms with Crippen molar-refractivity contribution in [1.29, 1.82) is 0 Å². The second-order valence-electron chi connectivity index (χ2n) is 10.7. The topological polar surface area (TPSA) is 248 Å². The lowest BCUT2D eigenvalue weighted by molar-refractivity contribution is -0.133. The van der Waals surface area contributed by atoms with Gasteiger partial charge in [-0.25, -0.2) is 0 Å². The van der Waals surface area contributed by atoms with Gasteiger partial charge in [-0.1, -0.05) is 56.4 Å². The Hall–Kier alpha value is -4.28. The molecule has 0 bridgehead atoms. The maximum absolute atomic E-state index is 13.8. The van der Waals surface area contributed by atoms with E-state index >= 15 is 0 Å². The molecule has 0 heterocycles. The molecule has 0 fully saturated rings. The summed E-state index contributed by atoms with van der Waals surface area (Å²) in [6, 6.07) is 5.34. The largest absolute Gasteiger partial charge is 0.393 e. The van der Waals surface area contributed by atoms with E-state index in [1.165, 1.54) is 5.49 Å². The zero-order valence-corrected chi connectivity index (χ0v) is 29.8. The van der Waals surface area contributed by atoms with Gasteiger partial charge in [0.05, 0.1) is 11.5 Å². The molecule has 16 heteroatoms. The molecule has 1 aromatic rings. The van der Waals surface area contributed by atoms with Crippen LogP contribution >= 0.6 is 12.2 Å². The molecule has 1 aromatic carbocycles. The quantitative estimate of drug-likeness (QED) is 0.0301. The normalized spacial score (nSPS) is 13.2. The van der Waals surface area contributed by atoms with Crippen LogP contribution in [0.5, 0.6) is 0 Å². The number of nitrogens with zero attached hydrogens (tertiary/aromatic N) is 2. The van der Waals surface area contributed by atoms with Gasteiger partial charge in [0.2, 0.25) is 23.6 Å². The zero-order chi connectivity index (χ0) is 36.5. The predicted molar refractivity (Wildman–Crippen MR) is 195 cm³/mol. The summed E-state index contributed by atoms with van der Waals surface area (Å²) in [7, 11) is 5.04. The molecule has 15 nitrogen and oxygen atoms in total. The molecule has 0 spiro atoms. The summed E-state index contributed by atoms with van der Waals surface area (Å²) in [5.74, 6) is -2.36. The van der Waals surface area contributed by atoms with E-state index in [1.807, 2.05) is 44.2 Å². The predicted octanol–water partition coefficient (Wildman–Crippen LogP) is -0.694. The summed E-state index contributed by atoms with van der Waals surface area (Å²) in [5, 5.41) is 14.2. The maximum atomic E-state index is 13.8. The highest BCUT2D eigenvalue weighted by Gasteiger charge is 2.31. The van der Waals surface area contributed by atoms with Crippen LogP contribution in [0.1, 0.15) is 57.9 Å². The average molecular weight is 692 g/mol. The molecule has 13 N–H and O–H groups in total. The summed E-state index contributed by atoms with van der Waals surface area (Å²) in [4.78, 5) is 58.6. The van der Waals surface area contributed by atoms with Crippen LogP contribution in [0.15, 0.2) is 47.2 Å². The monoisotopic (exact) mass is 691 g/mol. The Morgan fingerprint density at radius 3 is 1.96 bits per heavy atom. The fourth-order valence-corrected chi connectivity index (χ4v) is 4.65. The van der Waals surface area contributed by atoms with Gasteiger partial charge in [0.1, 0.15) is 18.1 Å². The molecule has 0 aromatic heterocycles. The molecular weight excluding hydrogens is 634 g/mol. The van der Waals surface area contributed by atoms with Crippen molar-refractivity contribution in [3.05, 3.63) is 47.8 Å². The van der Waals surface area contributed by atoms with E-state index in [0.29, 0.717) is 44.5 Å². The van der Waals surface area contributed by atoms with E-state index < -0.39 is 47.8 Å². The fourth-order valence-electron chi connectivity index (χ4n) is 4.52. The van der Waals surface area contributed by atoms with Crippen LogP contribution in [0, 0.1) is 0 Å². The molecule has 0 aliphatic rings. The Kier molecular flexibility index (Phi) is 23.5. The molecule has 48 heavy (non-hydrogen) atoms. The third-order valence-electron chi connectivity index (χ3n) is 7.10. The first-order valence-corrected chi connectivity index (χ1v) is 16.7. The number of rotatable bonds is 23. The lowest BCUT2D eigenvalue weighted by atomic mass is 10.0. The molecule has 4 unspecified atom stereocenters. The highest BCUT2D eigenvalue weighted by Crippen LogP contribution is 2.12. The van der Waals surface area contributed by atoms with Gasteiger partial charge >= 0.3 is 0 Å². The molecule has 0 saturated carbocycles. The number of hydrogen-bond donors (Lipinski definition) is 9. The van der Waals surface area contributed by atoms with Crippen LogP contribution in [0.3, 0.4) is 0 Å². The Morgan fingerprint density at radius 1 is 0.854 bits per heavy atom. The van der Waals surface area contributed by atoms with Crippen LogP contribution < -0.4 is 49.5 Å². The maximum Gasteiger partial charge on any atom is 0.243 e. The Bertz CT molecular complexity index is 1180. The number of amides is 4. The molecule has 4 amide bonds. The third-order valence-corrected chi connectivity index (χ3v) is 7.42. The van der Waals surface area contributed by atoms with Gasteiger partial charge in [0.25, 0.3) is 0 Å². The SMILES string of the molecule is CC.CN/C=C(/CC(NC(=O)C(CCCN=C(N)N)NC)C(=O)NC(CCCCN)C(=O)NC(Cc1ccccc1)C(N)=O)N(C)C=S. The van der Waals surface area contributed by atoms with Crippen molar-refractivity contribution < 1.29 is 19.2 Å². The van der Waals surface area contributed by atoms with Crippen molar-refractivity contribution >= 4 is 47.3 Å². The number of guanidine groups is 1. The minimum absolute atomic E-state index is 0.0408. The Labute approximate surface area is 290 Å². The van der Waals surface area contributed by atoms with Gasteiger partial charge in [0.15, 0.2) is 5.96 Å². The Balaban J connectivity index is 0.0000108. The average Bonchev–Trinajstić information content (AvgIpc) is 3.07. The third kappa shape index (κ3) is 17.6. The fraction of sp³-hybridized carbons (Fsp3) is 0.562. The molecule has 0 aliphatic heterocycles. The van der Waals surface area contributed by atoms with Gasteiger partial charge < -0.3 is 54.4 Å². The summed E-state index contributed by atoms with van der Waals surface area (Å²) < 4.78 is 0. The number of hydrogen-bond acceptors (Lipinski definition) is 9. The number of aliphatic imine (C=N–C) groups is 1. The Morgan fingerprint density at radius 2 is 1.42 bits per heavy atom. The van der Waals surface area contributed by atoms with Crippen molar-refractivity contribution in [2.24, 2.45) is 27.9 Å². The molecule has 0 aliphatic carbocycles.